The summed E-state index contributed by atoms with van der Waals surface area (Å²) in [5.41, 5.74) is 8.16. The van der Waals surface area contributed by atoms with Gasteiger partial charge in [0, 0.05) is 19.3 Å². The van der Waals surface area contributed by atoms with Crippen LogP contribution in [0.2, 0.25) is 0 Å². The number of hydrogen-bond donors (Lipinski definition) is 1. The van der Waals surface area contributed by atoms with Gasteiger partial charge in [-0.05, 0) is 49.9 Å². The van der Waals surface area contributed by atoms with Crippen molar-refractivity contribution in [3.05, 3.63) is 29.8 Å². The van der Waals surface area contributed by atoms with Gasteiger partial charge in [-0.1, -0.05) is 25.1 Å². The third-order valence-corrected chi connectivity index (χ3v) is 4.25. The zero-order valence-electron chi connectivity index (χ0n) is 12.1. The van der Waals surface area contributed by atoms with E-state index in [1.165, 1.54) is 24.9 Å². The minimum absolute atomic E-state index is 0.399. The van der Waals surface area contributed by atoms with Crippen molar-refractivity contribution in [3.8, 4) is 0 Å². The molecule has 0 saturated carbocycles. The van der Waals surface area contributed by atoms with E-state index in [9.17, 15) is 0 Å². The number of rotatable bonds is 5. The van der Waals surface area contributed by atoms with Gasteiger partial charge in [-0.25, -0.2) is 0 Å². The number of nitrogens with zero attached hydrogens (tertiary/aromatic N) is 1. The number of methoxy groups -OCH3 is 1. The number of aryl methyl sites for hydroxylation is 1. The number of nitrogen functional groups attached to an aromatic ring is 1. The highest BCUT2D eigenvalue weighted by Gasteiger charge is 2.25. The van der Waals surface area contributed by atoms with Crippen LogP contribution in [0.1, 0.15) is 25.3 Å². The third kappa shape index (κ3) is 3.95. The van der Waals surface area contributed by atoms with E-state index in [-0.39, 0.29) is 0 Å². The molecule has 1 fully saturated rings. The maximum atomic E-state index is 5.97. The Balaban J connectivity index is 1.76. The summed E-state index contributed by atoms with van der Waals surface area (Å²) in [6.07, 6.45) is 3.87. The number of anilines is 1. The molecule has 3 heteroatoms. The quantitative estimate of drug-likeness (QED) is 0.829. The molecule has 0 spiro atoms. The maximum Gasteiger partial charge on any atom is 0.0724 e. The first kappa shape index (κ1) is 14.4. The van der Waals surface area contributed by atoms with Crippen molar-refractivity contribution in [2.45, 2.75) is 32.3 Å². The van der Waals surface area contributed by atoms with E-state index in [0.29, 0.717) is 12.0 Å². The average Bonchev–Trinajstić information content (AvgIpc) is 2.43. The predicted molar refractivity (Wildman–Crippen MR) is 80.2 cm³/mol. The molecule has 1 saturated heterocycles. The highest BCUT2D eigenvalue weighted by molar-refractivity contribution is 5.46. The van der Waals surface area contributed by atoms with Gasteiger partial charge in [0.1, 0.15) is 0 Å². The molecule has 0 aromatic heterocycles. The molecule has 0 bridgehead atoms. The van der Waals surface area contributed by atoms with Gasteiger partial charge in [0.15, 0.2) is 0 Å². The summed E-state index contributed by atoms with van der Waals surface area (Å²) in [7, 11) is 1.83. The fourth-order valence-corrected chi connectivity index (χ4v) is 2.86. The summed E-state index contributed by atoms with van der Waals surface area (Å²) in [5.74, 6) is 0.686. The SMILES string of the molecule is COC1CN(CCCc2ccccc2N)CCC1C. The largest absolute Gasteiger partial charge is 0.399 e. The number of likely N-dealkylation sites (tertiary alicyclic amines) is 1. The number of nitrogens with two attached hydrogens (primary N) is 1. The average molecular weight is 262 g/mol. The molecule has 3 nitrogen and oxygen atoms in total. The minimum atomic E-state index is 0.399. The van der Waals surface area contributed by atoms with Crippen molar-refractivity contribution < 1.29 is 4.74 Å². The van der Waals surface area contributed by atoms with Gasteiger partial charge in [0.2, 0.25) is 0 Å². The van der Waals surface area contributed by atoms with Crippen molar-refractivity contribution in [1.82, 2.24) is 4.90 Å². The van der Waals surface area contributed by atoms with Gasteiger partial charge in [-0.3, -0.25) is 0 Å². The van der Waals surface area contributed by atoms with Crippen molar-refractivity contribution in [1.29, 1.82) is 0 Å². The molecular formula is C16H26N2O. The van der Waals surface area contributed by atoms with Crippen LogP contribution in [0.15, 0.2) is 24.3 Å². The van der Waals surface area contributed by atoms with E-state index < -0.39 is 0 Å². The molecule has 2 N–H and O–H groups in total. The first-order chi connectivity index (χ1) is 9.20. The maximum absolute atomic E-state index is 5.97. The van der Waals surface area contributed by atoms with Crippen LogP contribution in [0, 0.1) is 5.92 Å². The molecule has 2 rings (SSSR count). The van der Waals surface area contributed by atoms with Crippen LogP contribution in [0.5, 0.6) is 0 Å². The first-order valence-electron chi connectivity index (χ1n) is 7.29. The summed E-state index contributed by atoms with van der Waals surface area (Å²) in [4.78, 5) is 2.52. The molecule has 2 atom stereocenters. The van der Waals surface area contributed by atoms with Gasteiger partial charge in [-0.15, -0.1) is 0 Å². The van der Waals surface area contributed by atoms with Gasteiger partial charge in [-0.2, -0.15) is 0 Å². The molecule has 2 unspecified atom stereocenters. The second-order valence-corrected chi connectivity index (χ2v) is 5.64. The highest BCUT2D eigenvalue weighted by atomic mass is 16.5. The van der Waals surface area contributed by atoms with Crippen LogP contribution in [-0.4, -0.2) is 37.7 Å². The molecule has 1 aromatic carbocycles. The monoisotopic (exact) mass is 262 g/mol. The molecule has 1 aliphatic rings. The fourth-order valence-electron chi connectivity index (χ4n) is 2.86. The van der Waals surface area contributed by atoms with E-state index in [1.807, 2.05) is 19.2 Å². The standard InChI is InChI=1S/C16H26N2O/c1-13-9-11-18(12-16(13)19-2)10-5-7-14-6-3-4-8-15(14)17/h3-4,6,8,13,16H,5,7,9-12,17H2,1-2H3. The predicted octanol–water partition coefficient (Wildman–Crippen LogP) is 2.56. The second kappa shape index (κ2) is 6.92. The summed E-state index contributed by atoms with van der Waals surface area (Å²) >= 11 is 0. The zero-order valence-corrected chi connectivity index (χ0v) is 12.1. The van der Waals surface area contributed by atoms with E-state index in [4.69, 9.17) is 10.5 Å². The first-order valence-corrected chi connectivity index (χ1v) is 7.29. The summed E-state index contributed by atoms with van der Waals surface area (Å²) in [5, 5.41) is 0. The summed E-state index contributed by atoms with van der Waals surface area (Å²) in [6.45, 7) is 5.70. The number of para-hydroxylation sites is 1. The second-order valence-electron chi connectivity index (χ2n) is 5.64. The Morgan fingerprint density at radius 1 is 1.37 bits per heavy atom. The van der Waals surface area contributed by atoms with Crippen LogP contribution >= 0.6 is 0 Å². The lowest BCUT2D eigenvalue weighted by Crippen LogP contribution is -2.44. The minimum Gasteiger partial charge on any atom is -0.399 e. The van der Waals surface area contributed by atoms with E-state index in [0.717, 1.165) is 25.2 Å². The van der Waals surface area contributed by atoms with Crippen LogP contribution in [-0.2, 0) is 11.2 Å². The number of hydrogen-bond acceptors (Lipinski definition) is 3. The van der Waals surface area contributed by atoms with Gasteiger partial charge < -0.3 is 15.4 Å². The Morgan fingerprint density at radius 3 is 2.89 bits per heavy atom. The lowest BCUT2D eigenvalue weighted by molar-refractivity contribution is -0.00506. The molecule has 106 valence electrons. The molecule has 0 aliphatic carbocycles. The number of ether oxygens (including phenoxy) is 1. The number of benzene rings is 1. The lowest BCUT2D eigenvalue weighted by atomic mass is 9.95. The molecule has 1 aromatic rings. The Morgan fingerprint density at radius 2 is 2.16 bits per heavy atom. The van der Waals surface area contributed by atoms with Crippen molar-refractivity contribution in [2.75, 3.05) is 32.5 Å². The van der Waals surface area contributed by atoms with Crippen molar-refractivity contribution >= 4 is 5.69 Å². The Kier molecular flexibility index (Phi) is 5.23. The van der Waals surface area contributed by atoms with E-state index in [2.05, 4.69) is 24.0 Å². The van der Waals surface area contributed by atoms with Gasteiger partial charge in [0.25, 0.3) is 0 Å². The third-order valence-electron chi connectivity index (χ3n) is 4.25. The molecule has 1 heterocycles. The van der Waals surface area contributed by atoms with Crippen LogP contribution < -0.4 is 5.73 Å². The normalized spacial score (nSPS) is 24.5. The van der Waals surface area contributed by atoms with Crippen molar-refractivity contribution in [2.24, 2.45) is 5.92 Å². The fraction of sp³-hybridized carbons (Fsp3) is 0.625. The molecule has 0 amide bonds. The molecule has 0 radical (unpaired) electrons. The molecule has 1 aliphatic heterocycles. The van der Waals surface area contributed by atoms with E-state index in [1.54, 1.807) is 0 Å². The Labute approximate surface area is 116 Å². The van der Waals surface area contributed by atoms with Gasteiger partial charge in [0.05, 0.1) is 6.10 Å². The molecular weight excluding hydrogens is 236 g/mol. The van der Waals surface area contributed by atoms with Crippen LogP contribution in [0.3, 0.4) is 0 Å². The topological polar surface area (TPSA) is 38.5 Å². The summed E-state index contributed by atoms with van der Waals surface area (Å²) in [6, 6.07) is 8.17. The zero-order chi connectivity index (χ0) is 13.7. The van der Waals surface area contributed by atoms with E-state index >= 15 is 0 Å². The van der Waals surface area contributed by atoms with Crippen LogP contribution in [0.25, 0.3) is 0 Å². The smallest absolute Gasteiger partial charge is 0.0724 e. The van der Waals surface area contributed by atoms with Crippen LogP contribution in [0.4, 0.5) is 5.69 Å². The van der Waals surface area contributed by atoms with Crippen molar-refractivity contribution in [3.63, 3.8) is 0 Å². The van der Waals surface area contributed by atoms with Gasteiger partial charge >= 0.3 is 0 Å². The lowest BCUT2D eigenvalue weighted by Gasteiger charge is -2.36. The molecule has 19 heavy (non-hydrogen) atoms. The Hall–Kier alpha value is -1.06. The number of piperidine rings is 1. The highest BCUT2D eigenvalue weighted by Crippen LogP contribution is 2.20. The summed E-state index contributed by atoms with van der Waals surface area (Å²) < 4.78 is 5.56. The Bertz CT molecular complexity index is 394.